The molecule has 0 spiro atoms. The molecule has 1 N–H and O–H groups in total. The molecule has 0 saturated carbocycles. The number of rotatable bonds is 4. The van der Waals surface area contributed by atoms with Gasteiger partial charge in [0.05, 0.1) is 0 Å². The number of aryl methyl sites for hydroxylation is 1. The van der Waals surface area contributed by atoms with Gasteiger partial charge in [-0.1, -0.05) is 0 Å². The van der Waals surface area contributed by atoms with Gasteiger partial charge in [-0.3, -0.25) is 9.48 Å². The second-order valence-corrected chi connectivity index (χ2v) is 3.17. The van der Waals surface area contributed by atoms with Crippen molar-refractivity contribution in [2.24, 2.45) is 0 Å². The summed E-state index contributed by atoms with van der Waals surface area (Å²) in [5, 5.41) is 5.88. The molecular formula is C9H12F3N3O. The number of alkyl halides is 3. The predicted octanol–water partition coefficient (Wildman–Crippen LogP) is 1.43. The molecule has 0 fully saturated rings. The van der Waals surface area contributed by atoms with E-state index >= 15 is 0 Å². The number of halogens is 3. The maximum Gasteiger partial charge on any atom is 0.435 e. The molecular weight excluding hydrogens is 223 g/mol. The molecule has 4 nitrogen and oxygen atoms in total. The maximum absolute atomic E-state index is 12.2. The molecule has 1 aromatic rings. The normalized spacial score (nSPS) is 11.5. The van der Waals surface area contributed by atoms with Gasteiger partial charge in [0.1, 0.15) is 0 Å². The summed E-state index contributed by atoms with van der Waals surface area (Å²) >= 11 is 0. The fourth-order valence-corrected chi connectivity index (χ4v) is 1.14. The van der Waals surface area contributed by atoms with Crippen LogP contribution >= 0.6 is 0 Å². The van der Waals surface area contributed by atoms with Crippen molar-refractivity contribution in [2.75, 3.05) is 6.54 Å². The van der Waals surface area contributed by atoms with Gasteiger partial charge in [-0.25, -0.2) is 0 Å². The highest BCUT2D eigenvalue weighted by molar-refractivity contribution is 5.75. The average molecular weight is 235 g/mol. The Hall–Kier alpha value is -1.53. The number of carbonyl (C=O) groups excluding carboxylic acids is 1. The van der Waals surface area contributed by atoms with Gasteiger partial charge in [-0.05, 0) is 13.0 Å². The Labute approximate surface area is 90.4 Å². The van der Waals surface area contributed by atoms with Crippen LogP contribution in [0.15, 0.2) is 12.3 Å². The summed E-state index contributed by atoms with van der Waals surface area (Å²) in [4.78, 5) is 11.0. The second-order valence-electron chi connectivity index (χ2n) is 3.17. The highest BCUT2D eigenvalue weighted by Crippen LogP contribution is 2.27. The molecule has 90 valence electrons. The highest BCUT2D eigenvalue weighted by Gasteiger charge is 2.33. The average Bonchev–Trinajstić information content (AvgIpc) is 2.63. The van der Waals surface area contributed by atoms with Gasteiger partial charge in [0, 0.05) is 25.7 Å². The molecule has 0 atom stereocenters. The molecule has 0 unspecified atom stereocenters. The second kappa shape index (κ2) is 5.00. The quantitative estimate of drug-likeness (QED) is 0.858. The topological polar surface area (TPSA) is 46.9 Å². The van der Waals surface area contributed by atoms with E-state index in [-0.39, 0.29) is 18.9 Å². The highest BCUT2D eigenvalue weighted by atomic mass is 19.4. The maximum atomic E-state index is 12.2. The molecule has 0 saturated heterocycles. The smallest absolute Gasteiger partial charge is 0.356 e. The van der Waals surface area contributed by atoms with Crippen LogP contribution in [0.3, 0.4) is 0 Å². The van der Waals surface area contributed by atoms with E-state index in [1.807, 2.05) is 0 Å². The number of hydrogen-bond donors (Lipinski definition) is 1. The fraction of sp³-hybridized carbons (Fsp3) is 0.556. The van der Waals surface area contributed by atoms with Crippen LogP contribution in [-0.2, 0) is 17.5 Å². The Kier molecular flexibility index (Phi) is 3.92. The van der Waals surface area contributed by atoms with E-state index in [1.165, 1.54) is 6.20 Å². The lowest BCUT2D eigenvalue weighted by molar-refractivity contribution is -0.141. The van der Waals surface area contributed by atoms with Crippen LogP contribution in [-0.4, -0.2) is 22.2 Å². The van der Waals surface area contributed by atoms with Crippen LogP contribution in [0, 0.1) is 0 Å². The molecule has 0 bridgehead atoms. The minimum Gasteiger partial charge on any atom is -0.356 e. The summed E-state index contributed by atoms with van der Waals surface area (Å²) in [6.45, 7) is 2.42. The summed E-state index contributed by atoms with van der Waals surface area (Å²) < 4.78 is 37.6. The van der Waals surface area contributed by atoms with Crippen LogP contribution in [0.4, 0.5) is 13.2 Å². The van der Waals surface area contributed by atoms with E-state index in [2.05, 4.69) is 10.4 Å². The Balaban J connectivity index is 2.50. The molecule has 0 aromatic carbocycles. The van der Waals surface area contributed by atoms with Crippen molar-refractivity contribution >= 4 is 5.91 Å². The zero-order valence-electron chi connectivity index (χ0n) is 8.71. The van der Waals surface area contributed by atoms with Crippen molar-refractivity contribution in [1.82, 2.24) is 15.1 Å². The first-order chi connectivity index (χ1) is 7.43. The van der Waals surface area contributed by atoms with Gasteiger partial charge in [0.25, 0.3) is 0 Å². The molecule has 7 heteroatoms. The van der Waals surface area contributed by atoms with Gasteiger partial charge in [0.15, 0.2) is 5.69 Å². The van der Waals surface area contributed by atoms with Crippen LogP contribution in [0.2, 0.25) is 0 Å². The Morgan fingerprint density at radius 2 is 2.25 bits per heavy atom. The van der Waals surface area contributed by atoms with Crippen molar-refractivity contribution in [1.29, 1.82) is 0 Å². The summed E-state index contributed by atoms with van der Waals surface area (Å²) in [6, 6.07) is 0.887. The molecule has 1 amide bonds. The number of nitrogens with zero attached hydrogens (tertiary/aromatic N) is 2. The van der Waals surface area contributed by atoms with E-state index in [9.17, 15) is 18.0 Å². The van der Waals surface area contributed by atoms with Gasteiger partial charge >= 0.3 is 6.18 Å². The van der Waals surface area contributed by atoms with Crippen LogP contribution in [0.25, 0.3) is 0 Å². The van der Waals surface area contributed by atoms with Crippen molar-refractivity contribution in [3.8, 4) is 0 Å². The lowest BCUT2D eigenvalue weighted by Gasteiger charge is -2.03. The van der Waals surface area contributed by atoms with Crippen molar-refractivity contribution in [3.63, 3.8) is 0 Å². The largest absolute Gasteiger partial charge is 0.435 e. The Morgan fingerprint density at radius 1 is 1.56 bits per heavy atom. The summed E-state index contributed by atoms with van der Waals surface area (Å²) in [5.41, 5.74) is -0.941. The monoisotopic (exact) mass is 235 g/mol. The van der Waals surface area contributed by atoms with Crippen LogP contribution in [0.1, 0.15) is 19.0 Å². The van der Waals surface area contributed by atoms with E-state index in [0.717, 1.165) is 10.7 Å². The third-order valence-corrected chi connectivity index (χ3v) is 1.87. The summed E-state index contributed by atoms with van der Waals surface area (Å²) in [7, 11) is 0. The minimum absolute atomic E-state index is 0.118. The van der Waals surface area contributed by atoms with Gasteiger partial charge in [-0.2, -0.15) is 18.3 Å². The Morgan fingerprint density at radius 3 is 2.75 bits per heavy atom. The number of carbonyl (C=O) groups is 1. The van der Waals surface area contributed by atoms with E-state index in [4.69, 9.17) is 0 Å². The van der Waals surface area contributed by atoms with Gasteiger partial charge < -0.3 is 5.32 Å². The first-order valence-corrected chi connectivity index (χ1v) is 4.81. The molecule has 1 rings (SSSR count). The molecule has 1 aromatic heterocycles. The number of amides is 1. The minimum atomic E-state index is -4.43. The number of hydrogen-bond acceptors (Lipinski definition) is 2. The van der Waals surface area contributed by atoms with Crippen LogP contribution in [0.5, 0.6) is 0 Å². The Bertz CT molecular complexity index is 359. The van der Waals surface area contributed by atoms with Crippen molar-refractivity contribution in [2.45, 2.75) is 26.1 Å². The molecule has 1 heterocycles. The fourth-order valence-electron chi connectivity index (χ4n) is 1.14. The van der Waals surface area contributed by atoms with Crippen LogP contribution < -0.4 is 5.32 Å². The molecule has 0 aliphatic carbocycles. The standard InChI is InChI=1S/C9H12F3N3O/c1-2-13-8(16)4-6-15-5-3-7(14-15)9(10,11)12/h3,5H,2,4,6H2,1H3,(H,13,16). The SMILES string of the molecule is CCNC(=O)CCn1ccc(C(F)(F)F)n1. The number of aromatic nitrogens is 2. The third-order valence-electron chi connectivity index (χ3n) is 1.87. The lowest BCUT2D eigenvalue weighted by Crippen LogP contribution is -2.24. The van der Waals surface area contributed by atoms with E-state index in [1.54, 1.807) is 6.92 Å². The zero-order valence-corrected chi connectivity index (χ0v) is 8.71. The van der Waals surface area contributed by atoms with Crippen molar-refractivity contribution < 1.29 is 18.0 Å². The summed E-state index contributed by atoms with van der Waals surface area (Å²) in [6.07, 6.45) is -3.11. The van der Waals surface area contributed by atoms with Gasteiger partial charge in [0.2, 0.25) is 5.91 Å². The predicted molar refractivity (Wildman–Crippen MR) is 50.5 cm³/mol. The summed E-state index contributed by atoms with van der Waals surface area (Å²) in [5.74, 6) is -0.202. The molecule has 0 radical (unpaired) electrons. The third kappa shape index (κ3) is 3.56. The van der Waals surface area contributed by atoms with E-state index in [0.29, 0.717) is 6.54 Å². The molecule has 0 aliphatic heterocycles. The zero-order chi connectivity index (χ0) is 12.2. The lowest BCUT2D eigenvalue weighted by atomic mass is 10.4. The first-order valence-electron chi connectivity index (χ1n) is 4.81. The van der Waals surface area contributed by atoms with E-state index < -0.39 is 11.9 Å². The first kappa shape index (κ1) is 12.5. The number of nitrogens with one attached hydrogen (secondary N) is 1. The molecule has 16 heavy (non-hydrogen) atoms. The molecule has 0 aliphatic rings. The van der Waals surface area contributed by atoms with Gasteiger partial charge in [-0.15, -0.1) is 0 Å². The van der Waals surface area contributed by atoms with Crippen molar-refractivity contribution in [3.05, 3.63) is 18.0 Å².